The van der Waals surface area contributed by atoms with E-state index in [2.05, 4.69) is 0 Å². The highest BCUT2D eigenvalue weighted by Gasteiger charge is 2.13. The molecule has 2 aromatic carbocycles. The third-order valence-electron chi connectivity index (χ3n) is 2.73. The highest BCUT2D eigenvalue weighted by atomic mass is 19.1. The molecule has 0 heterocycles. The average molecular weight is 249 g/mol. The van der Waals surface area contributed by atoms with Crippen molar-refractivity contribution in [2.75, 3.05) is 5.73 Å². The average Bonchev–Trinajstić information content (AvgIpc) is 2.32. The Hall–Kier alpha value is -1.94. The largest absolute Gasteiger partial charge is 0.398 e. The van der Waals surface area contributed by atoms with Crippen LogP contribution in [0.5, 0.6) is 0 Å². The number of anilines is 1. The molecule has 4 heteroatoms. The number of aliphatic hydroxyl groups is 1. The van der Waals surface area contributed by atoms with Gasteiger partial charge >= 0.3 is 0 Å². The van der Waals surface area contributed by atoms with E-state index in [1.165, 1.54) is 30.3 Å². The van der Waals surface area contributed by atoms with Crippen molar-refractivity contribution in [2.45, 2.75) is 12.5 Å². The summed E-state index contributed by atoms with van der Waals surface area (Å²) in [6, 6.07) is 9.74. The third-order valence-corrected chi connectivity index (χ3v) is 2.73. The fraction of sp³-hybridized carbons (Fsp3) is 0.143. The molecule has 2 aromatic rings. The SMILES string of the molecule is Nc1ccc(F)cc1C(O)Cc1cccc(F)c1. The topological polar surface area (TPSA) is 46.2 Å². The van der Waals surface area contributed by atoms with Gasteiger partial charge in [-0.1, -0.05) is 12.1 Å². The molecule has 0 aliphatic carbocycles. The lowest BCUT2D eigenvalue weighted by atomic mass is 10.00. The van der Waals surface area contributed by atoms with E-state index in [1.54, 1.807) is 12.1 Å². The Morgan fingerprint density at radius 1 is 1.06 bits per heavy atom. The first-order valence-corrected chi connectivity index (χ1v) is 5.53. The Kier molecular flexibility index (Phi) is 3.58. The van der Waals surface area contributed by atoms with Crippen molar-refractivity contribution in [1.29, 1.82) is 0 Å². The van der Waals surface area contributed by atoms with Gasteiger partial charge in [-0.2, -0.15) is 0 Å². The van der Waals surface area contributed by atoms with Crippen LogP contribution < -0.4 is 5.73 Å². The van der Waals surface area contributed by atoms with Crippen molar-refractivity contribution >= 4 is 5.69 Å². The van der Waals surface area contributed by atoms with E-state index in [1.807, 2.05) is 0 Å². The highest BCUT2D eigenvalue weighted by Crippen LogP contribution is 2.24. The second-order valence-corrected chi connectivity index (χ2v) is 4.12. The number of nitrogens with two attached hydrogens (primary N) is 1. The minimum absolute atomic E-state index is 0.186. The maximum atomic E-state index is 13.1. The predicted molar refractivity (Wildman–Crippen MR) is 65.9 cm³/mol. The fourth-order valence-corrected chi connectivity index (χ4v) is 1.83. The number of aliphatic hydroxyl groups excluding tert-OH is 1. The summed E-state index contributed by atoms with van der Waals surface area (Å²) < 4.78 is 26.1. The minimum atomic E-state index is -0.956. The molecular weight excluding hydrogens is 236 g/mol. The summed E-state index contributed by atoms with van der Waals surface area (Å²) in [7, 11) is 0. The normalized spacial score (nSPS) is 12.4. The monoisotopic (exact) mass is 249 g/mol. The molecule has 3 N–H and O–H groups in total. The van der Waals surface area contributed by atoms with E-state index >= 15 is 0 Å². The molecule has 0 saturated heterocycles. The van der Waals surface area contributed by atoms with Crippen LogP contribution in [0.4, 0.5) is 14.5 Å². The van der Waals surface area contributed by atoms with Crippen LogP contribution in [0.2, 0.25) is 0 Å². The number of hydrogen-bond acceptors (Lipinski definition) is 2. The zero-order chi connectivity index (χ0) is 13.1. The Morgan fingerprint density at radius 3 is 2.50 bits per heavy atom. The van der Waals surface area contributed by atoms with Gasteiger partial charge in [0.05, 0.1) is 6.10 Å². The van der Waals surface area contributed by atoms with Crippen molar-refractivity contribution in [2.24, 2.45) is 0 Å². The zero-order valence-corrected chi connectivity index (χ0v) is 9.61. The molecule has 0 aliphatic heterocycles. The first kappa shape index (κ1) is 12.5. The maximum Gasteiger partial charge on any atom is 0.123 e. The lowest BCUT2D eigenvalue weighted by Crippen LogP contribution is -2.06. The van der Waals surface area contributed by atoms with Gasteiger partial charge in [0.2, 0.25) is 0 Å². The van der Waals surface area contributed by atoms with Crippen molar-refractivity contribution in [3.8, 4) is 0 Å². The first-order valence-electron chi connectivity index (χ1n) is 5.53. The van der Waals surface area contributed by atoms with Gasteiger partial charge in [-0.25, -0.2) is 8.78 Å². The minimum Gasteiger partial charge on any atom is -0.398 e. The molecule has 0 spiro atoms. The lowest BCUT2D eigenvalue weighted by Gasteiger charge is -2.13. The Labute approximate surface area is 104 Å². The highest BCUT2D eigenvalue weighted by molar-refractivity contribution is 5.48. The smallest absolute Gasteiger partial charge is 0.123 e. The third kappa shape index (κ3) is 2.84. The molecule has 0 fully saturated rings. The Bertz CT molecular complexity index is 557. The molecule has 0 saturated carbocycles. The second-order valence-electron chi connectivity index (χ2n) is 4.12. The van der Waals surface area contributed by atoms with E-state index in [0.29, 0.717) is 16.8 Å². The van der Waals surface area contributed by atoms with Gasteiger partial charge in [0.15, 0.2) is 0 Å². The van der Waals surface area contributed by atoms with Crippen LogP contribution in [-0.2, 0) is 6.42 Å². The van der Waals surface area contributed by atoms with Crippen LogP contribution in [0.25, 0.3) is 0 Å². The molecule has 2 nitrogen and oxygen atoms in total. The summed E-state index contributed by atoms with van der Waals surface area (Å²) in [5, 5.41) is 10.0. The molecule has 0 aromatic heterocycles. The van der Waals surface area contributed by atoms with Crippen LogP contribution in [-0.4, -0.2) is 5.11 Å². The van der Waals surface area contributed by atoms with E-state index in [0.717, 1.165) is 0 Å². The molecule has 18 heavy (non-hydrogen) atoms. The van der Waals surface area contributed by atoms with Gasteiger partial charge in [0.25, 0.3) is 0 Å². The van der Waals surface area contributed by atoms with E-state index < -0.39 is 11.9 Å². The van der Waals surface area contributed by atoms with Gasteiger partial charge in [-0.3, -0.25) is 0 Å². The molecule has 0 aliphatic rings. The van der Waals surface area contributed by atoms with Crippen LogP contribution >= 0.6 is 0 Å². The predicted octanol–water partition coefficient (Wildman–Crippen LogP) is 2.82. The number of benzene rings is 2. The lowest BCUT2D eigenvalue weighted by molar-refractivity contribution is 0.178. The number of rotatable bonds is 3. The first-order chi connectivity index (χ1) is 8.56. The van der Waals surface area contributed by atoms with Crippen LogP contribution in [0.15, 0.2) is 42.5 Å². The van der Waals surface area contributed by atoms with E-state index in [9.17, 15) is 13.9 Å². The molecular formula is C14H13F2NO. The van der Waals surface area contributed by atoms with E-state index in [-0.39, 0.29) is 12.2 Å². The molecule has 0 bridgehead atoms. The fourth-order valence-electron chi connectivity index (χ4n) is 1.83. The van der Waals surface area contributed by atoms with Gasteiger partial charge in [-0.05, 0) is 35.9 Å². The Morgan fingerprint density at radius 2 is 1.78 bits per heavy atom. The summed E-state index contributed by atoms with van der Waals surface area (Å²) in [5.74, 6) is -0.829. The molecule has 1 atom stereocenters. The zero-order valence-electron chi connectivity index (χ0n) is 9.61. The van der Waals surface area contributed by atoms with Crippen molar-refractivity contribution in [3.05, 3.63) is 65.2 Å². The van der Waals surface area contributed by atoms with Crippen molar-refractivity contribution in [1.82, 2.24) is 0 Å². The number of halogens is 2. The van der Waals surface area contributed by atoms with Crippen LogP contribution in [0.3, 0.4) is 0 Å². The number of nitrogen functional groups attached to an aromatic ring is 1. The van der Waals surface area contributed by atoms with Gasteiger partial charge in [0, 0.05) is 17.7 Å². The summed E-state index contributed by atoms with van der Waals surface area (Å²) in [5.41, 5.74) is 6.94. The molecule has 2 rings (SSSR count). The van der Waals surface area contributed by atoms with Gasteiger partial charge in [0.1, 0.15) is 11.6 Å². The molecule has 94 valence electrons. The summed E-state index contributed by atoms with van der Waals surface area (Å²) >= 11 is 0. The second kappa shape index (κ2) is 5.14. The summed E-state index contributed by atoms with van der Waals surface area (Å²) in [6.45, 7) is 0. The van der Waals surface area contributed by atoms with Gasteiger partial charge in [-0.15, -0.1) is 0 Å². The van der Waals surface area contributed by atoms with Crippen LogP contribution in [0.1, 0.15) is 17.2 Å². The molecule has 1 unspecified atom stereocenters. The van der Waals surface area contributed by atoms with E-state index in [4.69, 9.17) is 5.73 Å². The molecule has 0 amide bonds. The summed E-state index contributed by atoms with van der Waals surface area (Å²) in [4.78, 5) is 0. The van der Waals surface area contributed by atoms with Crippen molar-refractivity contribution in [3.63, 3.8) is 0 Å². The molecule has 0 radical (unpaired) electrons. The Balaban J connectivity index is 2.21. The maximum absolute atomic E-state index is 13.1. The van der Waals surface area contributed by atoms with Crippen LogP contribution in [0, 0.1) is 11.6 Å². The quantitative estimate of drug-likeness (QED) is 0.822. The number of hydrogen-bond donors (Lipinski definition) is 2. The van der Waals surface area contributed by atoms with Gasteiger partial charge < -0.3 is 10.8 Å². The van der Waals surface area contributed by atoms with Crippen molar-refractivity contribution < 1.29 is 13.9 Å². The standard InChI is InChI=1S/C14H13F2NO/c15-10-3-1-2-9(6-10)7-14(18)12-8-11(16)4-5-13(12)17/h1-6,8,14,18H,7,17H2. The summed E-state index contributed by atoms with van der Waals surface area (Å²) in [6.07, 6.45) is -0.770.